The topological polar surface area (TPSA) is 18.1 Å². The molecule has 0 aliphatic rings. The number of furan rings is 1. The molecule has 0 aliphatic heterocycles. The van der Waals surface area contributed by atoms with E-state index in [9.17, 15) is 0 Å². The molecule has 2 heterocycles. The van der Waals surface area contributed by atoms with Gasteiger partial charge in [0, 0.05) is 27.2 Å². The van der Waals surface area contributed by atoms with Gasteiger partial charge in [-0.1, -0.05) is 127 Å². The molecule has 0 unspecified atom stereocenters. The molecule has 0 spiro atoms. The highest BCUT2D eigenvalue weighted by Gasteiger charge is 2.23. The molecule has 52 heavy (non-hydrogen) atoms. The lowest BCUT2D eigenvalue weighted by molar-refractivity contribution is 0.669. The fourth-order valence-electron chi connectivity index (χ4n) is 9.14. The van der Waals surface area contributed by atoms with Gasteiger partial charge in [0.1, 0.15) is 11.2 Å². The normalized spacial score (nSPS) is 12.2. The SMILES string of the molecule is c1ccc(-n2c3cccc4ccc5cc(-c6c7ccccc7c(-c7cccc8oc9cc%10ccccc%10cc9c78)c7ccccc67)cc2c5c43)cc1. The van der Waals surface area contributed by atoms with Gasteiger partial charge < -0.3 is 8.98 Å². The zero-order chi connectivity index (χ0) is 33.9. The van der Waals surface area contributed by atoms with Gasteiger partial charge in [0.05, 0.1) is 11.0 Å². The van der Waals surface area contributed by atoms with Crippen LogP contribution in [0.25, 0.3) is 115 Å². The highest BCUT2D eigenvalue weighted by molar-refractivity contribution is 6.29. The number of benzene rings is 10. The first kappa shape index (κ1) is 27.9. The van der Waals surface area contributed by atoms with Crippen molar-refractivity contribution in [3.05, 3.63) is 176 Å². The van der Waals surface area contributed by atoms with Gasteiger partial charge in [-0.2, -0.15) is 0 Å². The van der Waals surface area contributed by atoms with Crippen LogP contribution in [0.2, 0.25) is 0 Å². The number of aromatic nitrogens is 1. The molecule has 240 valence electrons. The molecule has 0 saturated heterocycles. The van der Waals surface area contributed by atoms with Gasteiger partial charge in [-0.25, -0.2) is 0 Å². The summed E-state index contributed by atoms with van der Waals surface area (Å²) in [5.41, 5.74) is 10.4. The molecule has 0 amide bonds. The Morgan fingerprint density at radius 3 is 1.73 bits per heavy atom. The Hall–Kier alpha value is -6.90. The highest BCUT2D eigenvalue weighted by Crippen LogP contribution is 2.49. The Kier molecular flexibility index (Phi) is 5.53. The molecule has 12 rings (SSSR count). The summed E-state index contributed by atoms with van der Waals surface area (Å²) in [6, 6.07) is 64.3. The third-order valence-corrected chi connectivity index (χ3v) is 11.3. The first-order valence-electron chi connectivity index (χ1n) is 17.9. The molecule has 0 atom stereocenters. The second kappa shape index (κ2) is 10.3. The van der Waals surface area contributed by atoms with Crippen LogP contribution in [0.4, 0.5) is 0 Å². The second-order valence-corrected chi connectivity index (χ2v) is 14.0. The van der Waals surface area contributed by atoms with E-state index in [4.69, 9.17) is 4.42 Å². The van der Waals surface area contributed by atoms with Crippen molar-refractivity contribution in [3.8, 4) is 27.9 Å². The van der Waals surface area contributed by atoms with Crippen molar-refractivity contribution >= 4 is 86.8 Å². The van der Waals surface area contributed by atoms with Gasteiger partial charge in [0.2, 0.25) is 0 Å². The van der Waals surface area contributed by atoms with Crippen LogP contribution < -0.4 is 0 Å². The zero-order valence-corrected chi connectivity index (χ0v) is 28.1. The van der Waals surface area contributed by atoms with E-state index in [0.717, 1.165) is 21.9 Å². The Bertz CT molecular complexity index is 3340. The molecule has 0 N–H and O–H groups in total. The van der Waals surface area contributed by atoms with E-state index in [0.29, 0.717) is 0 Å². The monoisotopic (exact) mass is 659 g/mol. The van der Waals surface area contributed by atoms with Crippen LogP contribution in [-0.4, -0.2) is 4.57 Å². The van der Waals surface area contributed by atoms with Crippen LogP contribution in [0.1, 0.15) is 0 Å². The molecule has 2 nitrogen and oxygen atoms in total. The fraction of sp³-hybridized carbons (Fsp3) is 0. The van der Waals surface area contributed by atoms with Gasteiger partial charge in [-0.3, -0.25) is 0 Å². The van der Waals surface area contributed by atoms with Crippen molar-refractivity contribution in [1.82, 2.24) is 4.57 Å². The Morgan fingerprint density at radius 1 is 0.346 bits per heavy atom. The summed E-state index contributed by atoms with van der Waals surface area (Å²) in [6.45, 7) is 0. The highest BCUT2D eigenvalue weighted by atomic mass is 16.3. The predicted octanol–water partition coefficient (Wildman–Crippen LogP) is 14.1. The maximum absolute atomic E-state index is 6.57. The van der Waals surface area contributed by atoms with E-state index in [2.05, 4.69) is 180 Å². The number of rotatable bonds is 3. The van der Waals surface area contributed by atoms with Crippen LogP contribution >= 0.6 is 0 Å². The maximum Gasteiger partial charge on any atom is 0.136 e. The molecule has 10 aromatic carbocycles. The van der Waals surface area contributed by atoms with E-state index in [1.54, 1.807) is 0 Å². The molecule has 2 heteroatoms. The zero-order valence-electron chi connectivity index (χ0n) is 28.1. The number of para-hydroxylation sites is 1. The minimum absolute atomic E-state index is 0.907. The van der Waals surface area contributed by atoms with Crippen molar-refractivity contribution < 1.29 is 4.42 Å². The standard InChI is InChI=1S/C50H29NO/c1-2-15-35(16-3-1)51-42-22-10-14-30-24-25-33-26-34(28-43(51)48(33)47(30)42)46-36-17-6-8-19-38(36)49(39-20-9-7-18-37(39)46)40-21-11-23-44-50(40)41-27-31-12-4-5-13-32(31)29-45(41)52-44/h1-29H. The third-order valence-electron chi connectivity index (χ3n) is 11.3. The molecular formula is C50H29NO. The minimum atomic E-state index is 0.907. The lowest BCUT2D eigenvalue weighted by atomic mass is 9.84. The van der Waals surface area contributed by atoms with E-state index < -0.39 is 0 Å². The van der Waals surface area contributed by atoms with Crippen molar-refractivity contribution in [1.29, 1.82) is 0 Å². The average molecular weight is 660 g/mol. The summed E-state index contributed by atoms with van der Waals surface area (Å²) < 4.78 is 9.02. The first-order chi connectivity index (χ1) is 25.8. The average Bonchev–Trinajstić information content (AvgIpc) is 3.74. The van der Waals surface area contributed by atoms with Crippen molar-refractivity contribution in [3.63, 3.8) is 0 Å². The minimum Gasteiger partial charge on any atom is -0.456 e. The molecule has 0 saturated carbocycles. The summed E-state index contributed by atoms with van der Waals surface area (Å²) in [5.74, 6) is 0. The van der Waals surface area contributed by atoms with Gasteiger partial charge in [0.15, 0.2) is 0 Å². The number of hydrogen-bond donors (Lipinski definition) is 0. The van der Waals surface area contributed by atoms with E-state index in [1.807, 2.05) is 0 Å². The maximum atomic E-state index is 6.57. The molecule has 0 fully saturated rings. The number of nitrogens with zero attached hydrogens (tertiary/aromatic N) is 1. The smallest absolute Gasteiger partial charge is 0.136 e. The van der Waals surface area contributed by atoms with Gasteiger partial charge >= 0.3 is 0 Å². The van der Waals surface area contributed by atoms with Gasteiger partial charge in [-0.05, 0) is 114 Å². The Labute approximate surface area is 298 Å². The van der Waals surface area contributed by atoms with Crippen LogP contribution in [-0.2, 0) is 0 Å². The first-order valence-corrected chi connectivity index (χ1v) is 17.9. The van der Waals surface area contributed by atoms with E-state index in [1.165, 1.54) is 92.8 Å². The predicted molar refractivity (Wildman–Crippen MR) is 220 cm³/mol. The summed E-state index contributed by atoms with van der Waals surface area (Å²) >= 11 is 0. The van der Waals surface area contributed by atoms with Crippen molar-refractivity contribution in [2.24, 2.45) is 0 Å². The lowest BCUT2D eigenvalue weighted by Crippen LogP contribution is -1.94. The van der Waals surface area contributed by atoms with Crippen LogP contribution in [0, 0.1) is 0 Å². The largest absolute Gasteiger partial charge is 0.456 e. The van der Waals surface area contributed by atoms with Crippen LogP contribution in [0.15, 0.2) is 180 Å². The van der Waals surface area contributed by atoms with E-state index >= 15 is 0 Å². The summed E-state index contributed by atoms with van der Waals surface area (Å²) in [5, 5.41) is 14.8. The molecule has 0 aliphatic carbocycles. The number of fused-ring (bicyclic) bond motifs is 6. The summed E-state index contributed by atoms with van der Waals surface area (Å²) in [6.07, 6.45) is 0. The summed E-state index contributed by atoms with van der Waals surface area (Å²) in [4.78, 5) is 0. The van der Waals surface area contributed by atoms with Crippen molar-refractivity contribution in [2.75, 3.05) is 0 Å². The molecule has 2 aromatic heterocycles. The van der Waals surface area contributed by atoms with Gasteiger partial charge in [-0.15, -0.1) is 0 Å². The number of hydrogen-bond acceptors (Lipinski definition) is 1. The third kappa shape index (κ3) is 3.73. The molecule has 12 aromatic rings. The Balaban J connectivity index is 1.21. The van der Waals surface area contributed by atoms with Crippen molar-refractivity contribution in [2.45, 2.75) is 0 Å². The quantitative estimate of drug-likeness (QED) is 0.136. The van der Waals surface area contributed by atoms with Gasteiger partial charge in [0.25, 0.3) is 0 Å². The molecular weight excluding hydrogens is 631 g/mol. The second-order valence-electron chi connectivity index (χ2n) is 14.0. The molecule has 0 bridgehead atoms. The molecule has 0 radical (unpaired) electrons. The fourth-order valence-corrected chi connectivity index (χ4v) is 9.14. The summed E-state index contributed by atoms with van der Waals surface area (Å²) in [7, 11) is 0. The van der Waals surface area contributed by atoms with E-state index in [-0.39, 0.29) is 0 Å². The Morgan fingerprint density at radius 2 is 0.962 bits per heavy atom. The van der Waals surface area contributed by atoms with Crippen LogP contribution in [0.3, 0.4) is 0 Å². The van der Waals surface area contributed by atoms with Crippen LogP contribution in [0.5, 0.6) is 0 Å². The lowest BCUT2D eigenvalue weighted by Gasteiger charge is -2.19.